The van der Waals surface area contributed by atoms with Crippen molar-refractivity contribution < 1.29 is 0 Å². The molecule has 0 saturated carbocycles. The van der Waals surface area contributed by atoms with Gasteiger partial charge in [-0.1, -0.05) is 12.2 Å². The van der Waals surface area contributed by atoms with E-state index in [0.717, 1.165) is 32.1 Å². The van der Waals surface area contributed by atoms with Gasteiger partial charge in [0.15, 0.2) is 0 Å². The Hall–Kier alpha value is -0.960. The predicted molar refractivity (Wildman–Crippen MR) is 51.3 cm³/mol. The molecule has 0 radical (unpaired) electrons. The van der Waals surface area contributed by atoms with Gasteiger partial charge in [-0.15, -0.1) is 25.0 Å². The van der Waals surface area contributed by atoms with Crippen molar-refractivity contribution in [1.29, 1.82) is 0 Å². The van der Waals surface area contributed by atoms with Crippen LogP contribution in [0.2, 0.25) is 0 Å². The molecule has 0 rings (SSSR count). The van der Waals surface area contributed by atoms with E-state index in [0.29, 0.717) is 0 Å². The fourth-order valence-electron chi connectivity index (χ4n) is 0.686. The molecule has 60 valence electrons. The molecule has 0 aliphatic rings. The number of unbranched alkanes of at least 4 members (excludes halogenated alkanes) is 3. The lowest BCUT2D eigenvalue weighted by Gasteiger charge is -1.85. The van der Waals surface area contributed by atoms with Crippen molar-refractivity contribution in [2.45, 2.75) is 32.1 Å². The van der Waals surface area contributed by atoms with Gasteiger partial charge in [-0.2, -0.15) is 0 Å². The summed E-state index contributed by atoms with van der Waals surface area (Å²) in [5, 5.41) is 0. The molecule has 0 N–H and O–H groups in total. The maximum absolute atomic E-state index is 3.65. The predicted octanol–water partition coefficient (Wildman–Crippen LogP) is 3.31. The first kappa shape index (κ1) is 10.0. The molecule has 0 saturated heterocycles. The zero-order valence-corrected chi connectivity index (χ0v) is 7.10. The van der Waals surface area contributed by atoms with E-state index in [-0.39, 0.29) is 0 Å². The van der Waals surface area contributed by atoms with Gasteiger partial charge in [0.05, 0.1) is 0 Å². The van der Waals surface area contributed by atoms with Gasteiger partial charge in [0.1, 0.15) is 0 Å². The highest BCUT2D eigenvalue weighted by Crippen LogP contribution is 1.94. The van der Waals surface area contributed by atoms with E-state index in [1.54, 1.807) is 0 Å². The molecule has 11 heavy (non-hydrogen) atoms. The van der Waals surface area contributed by atoms with E-state index in [1.807, 2.05) is 12.2 Å². The molecule has 0 aromatic heterocycles. The highest BCUT2D eigenvalue weighted by molar-refractivity contribution is 4.99. The minimum atomic E-state index is 0.956. The molecule has 0 amide bonds. The third-order valence-electron chi connectivity index (χ3n) is 1.31. The maximum Gasteiger partial charge on any atom is 0.0123 e. The molecule has 0 nitrogen and oxygen atoms in total. The second-order valence-electron chi connectivity index (χ2n) is 2.36. The van der Waals surface area contributed by atoms with Gasteiger partial charge in [0, 0.05) is 12.8 Å². The number of allylic oxidation sites excluding steroid dienone is 2. The van der Waals surface area contributed by atoms with Crippen molar-refractivity contribution in [2.24, 2.45) is 0 Å². The highest BCUT2D eigenvalue weighted by atomic mass is 13.8. The number of hydrogen-bond donors (Lipinski definition) is 0. The summed E-state index contributed by atoms with van der Waals surface area (Å²) in [5.41, 5.74) is 0. The maximum atomic E-state index is 3.65. The van der Waals surface area contributed by atoms with E-state index >= 15 is 0 Å². The molecule has 0 aromatic carbocycles. The fraction of sp³-hybridized carbons (Fsp3) is 0.455. The van der Waals surface area contributed by atoms with Gasteiger partial charge in [-0.3, -0.25) is 0 Å². The molecule has 0 bridgehead atoms. The summed E-state index contributed by atoms with van der Waals surface area (Å²) < 4.78 is 0. The van der Waals surface area contributed by atoms with Crippen molar-refractivity contribution in [3.63, 3.8) is 0 Å². The largest absolute Gasteiger partial charge is 0.103 e. The Bertz CT molecular complexity index is 155. The van der Waals surface area contributed by atoms with Crippen LogP contribution in [-0.2, 0) is 0 Å². The zero-order valence-electron chi connectivity index (χ0n) is 7.10. The van der Waals surface area contributed by atoms with E-state index in [4.69, 9.17) is 0 Å². The van der Waals surface area contributed by atoms with Crippen LogP contribution >= 0.6 is 0 Å². The number of rotatable bonds is 5. The Balaban J connectivity index is 3.11. The van der Waals surface area contributed by atoms with Crippen LogP contribution in [0.15, 0.2) is 25.3 Å². The van der Waals surface area contributed by atoms with E-state index < -0.39 is 0 Å². The monoisotopic (exact) mass is 148 g/mol. The van der Waals surface area contributed by atoms with Crippen molar-refractivity contribution in [3.05, 3.63) is 25.3 Å². The van der Waals surface area contributed by atoms with Crippen LogP contribution in [0.4, 0.5) is 0 Å². The third-order valence-corrected chi connectivity index (χ3v) is 1.31. The summed E-state index contributed by atoms with van der Waals surface area (Å²) in [4.78, 5) is 0. The average Bonchev–Trinajstić information content (AvgIpc) is 2.03. The van der Waals surface area contributed by atoms with Gasteiger partial charge < -0.3 is 0 Å². The average molecular weight is 148 g/mol. The topological polar surface area (TPSA) is 0 Å². The van der Waals surface area contributed by atoms with Gasteiger partial charge in [0.2, 0.25) is 0 Å². The molecular weight excluding hydrogens is 132 g/mol. The van der Waals surface area contributed by atoms with Crippen molar-refractivity contribution in [1.82, 2.24) is 0 Å². The van der Waals surface area contributed by atoms with Crippen molar-refractivity contribution >= 4 is 0 Å². The highest BCUT2D eigenvalue weighted by Gasteiger charge is 1.77. The summed E-state index contributed by atoms with van der Waals surface area (Å²) in [7, 11) is 0. The van der Waals surface area contributed by atoms with Crippen LogP contribution in [-0.4, -0.2) is 0 Å². The number of hydrogen-bond acceptors (Lipinski definition) is 0. The molecule has 0 unspecified atom stereocenters. The Kier molecular flexibility index (Phi) is 8.25. The van der Waals surface area contributed by atoms with Gasteiger partial charge >= 0.3 is 0 Å². The van der Waals surface area contributed by atoms with Crippen LogP contribution < -0.4 is 0 Å². The molecular formula is C11H16. The van der Waals surface area contributed by atoms with E-state index in [1.165, 1.54) is 0 Å². The second-order valence-corrected chi connectivity index (χ2v) is 2.36. The molecule has 0 aliphatic heterocycles. The first-order chi connectivity index (χ1) is 5.41. The SMILES string of the molecule is C=CCCC#CCCCC=C. The third kappa shape index (κ3) is 9.04. The Labute approximate surface area is 70.0 Å². The molecule has 0 fully saturated rings. The van der Waals surface area contributed by atoms with Crippen LogP contribution in [0.25, 0.3) is 0 Å². The summed E-state index contributed by atoms with van der Waals surface area (Å²) >= 11 is 0. The Morgan fingerprint density at radius 2 is 1.55 bits per heavy atom. The smallest absolute Gasteiger partial charge is 0.0123 e. The first-order valence-electron chi connectivity index (χ1n) is 4.09. The van der Waals surface area contributed by atoms with Crippen LogP contribution in [0.3, 0.4) is 0 Å². The Morgan fingerprint density at radius 3 is 2.18 bits per heavy atom. The van der Waals surface area contributed by atoms with Crippen LogP contribution in [0.1, 0.15) is 32.1 Å². The molecule has 0 heteroatoms. The first-order valence-corrected chi connectivity index (χ1v) is 4.09. The molecule has 0 aromatic rings. The minimum Gasteiger partial charge on any atom is -0.103 e. The zero-order chi connectivity index (χ0) is 8.36. The normalized spacial score (nSPS) is 8.00. The van der Waals surface area contributed by atoms with Crippen LogP contribution in [0, 0.1) is 11.8 Å². The fourth-order valence-corrected chi connectivity index (χ4v) is 0.686. The van der Waals surface area contributed by atoms with Gasteiger partial charge in [-0.05, 0) is 19.3 Å². The summed E-state index contributed by atoms with van der Waals surface area (Å²) in [5.74, 6) is 6.20. The van der Waals surface area contributed by atoms with Crippen LogP contribution in [0.5, 0.6) is 0 Å². The lowest BCUT2D eigenvalue weighted by Crippen LogP contribution is -1.69. The Morgan fingerprint density at radius 1 is 0.909 bits per heavy atom. The van der Waals surface area contributed by atoms with Gasteiger partial charge in [-0.25, -0.2) is 0 Å². The lowest BCUT2D eigenvalue weighted by molar-refractivity contribution is 0.885. The summed E-state index contributed by atoms with van der Waals surface area (Å²) in [6.45, 7) is 7.27. The summed E-state index contributed by atoms with van der Waals surface area (Å²) in [6.07, 6.45) is 9.03. The minimum absolute atomic E-state index is 0.956. The van der Waals surface area contributed by atoms with Crippen molar-refractivity contribution in [2.75, 3.05) is 0 Å². The second kappa shape index (κ2) is 9.04. The standard InChI is InChI=1S/C11H16/c1-3-5-7-9-11-10-8-6-4-2/h3-4H,1-2,5-9H2. The summed E-state index contributed by atoms with van der Waals surface area (Å²) in [6, 6.07) is 0. The van der Waals surface area contributed by atoms with E-state index in [9.17, 15) is 0 Å². The lowest BCUT2D eigenvalue weighted by atomic mass is 10.2. The molecule has 0 heterocycles. The quantitative estimate of drug-likeness (QED) is 0.319. The van der Waals surface area contributed by atoms with E-state index in [2.05, 4.69) is 25.0 Å². The molecule has 0 spiro atoms. The molecule has 0 aliphatic carbocycles. The van der Waals surface area contributed by atoms with Crippen molar-refractivity contribution in [3.8, 4) is 11.8 Å². The molecule has 0 atom stereocenters. The van der Waals surface area contributed by atoms with Gasteiger partial charge in [0.25, 0.3) is 0 Å².